The maximum atomic E-state index is 11.5. The van der Waals surface area contributed by atoms with Crippen molar-refractivity contribution < 1.29 is 24.2 Å². The van der Waals surface area contributed by atoms with Gasteiger partial charge in [0.15, 0.2) is 0 Å². The Kier molecular flexibility index (Phi) is 7.89. The molecule has 2 N–H and O–H groups in total. The molecule has 0 aromatic heterocycles. The van der Waals surface area contributed by atoms with E-state index < -0.39 is 5.97 Å². The maximum absolute atomic E-state index is 11.5. The zero-order chi connectivity index (χ0) is 15.5. The molecule has 116 valence electrons. The Morgan fingerprint density at radius 3 is 2.57 bits per heavy atom. The Morgan fingerprint density at radius 1 is 1.24 bits per heavy atom. The van der Waals surface area contributed by atoms with Gasteiger partial charge >= 0.3 is 5.97 Å². The van der Waals surface area contributed by atoms with E-state index in [1.165, 1.54) is 0 Å². The molecule has 0 aliphatic carbocycles. The number of aryl methyl sites for hydroxylation is 1. The zero-order valence-corrected chi connectivity index (χ0v) is 12.1. The standard InChI is InChI=1S/C15H21NO5/c1-20-13-7-5-12(6-8-13)3-2-4-14(17)16-9-10-21-11-15(18)19/h5-8H,2-4,9-11H2,1H3,(H,16,17)(H,18,19). The van der Waals surface area contributed by atoms with Crippen molar-refractivity contribution in [3.8, 4) is 5.75 Å². The first kappa shape index (κ1) is 17.0. The fraction of sp³-hybridized carbons (Fsp3) is 0.467. The van der Waals surface area contributed by atoms with Gasteiger partial charge in [0.25, 0.3) is 0 Å². The molecule has 0 saturated heterocycles. The molecule has 0 bridgehead atoms. The van der Waals surface area contributed by atoms with Gasteiger partial charge in [-0.15, -0.1) is 0 Å². The van der Waals surface area contributed by atoms with Gasteiger partial charge in [0.05, 0.1) is 13.7 Å². The number of carboxylic acids is 1. The largest absolute Gasteiger partial charge is 0.497 e. The summed E-state index contributed by atoms with van der Waals surface area (Å²) in [4.78, 5) is 21.7. The lowest BCUT2D eigenvalue weighted by Crippen LogP contribution is -2.27. The minimum absolute atomic E-state index is 0.0533. The van der Waals surface area contributed by atoms with E-state index in [2.05, 4.69) is 5.32 Å². The van der Waals surface area contributed by atoms with Gasteiger partial charge in [-0.3, -0.25) is 4.79 Å². The average molecular weight is 295 g/mol. The normalized spacial score (nSPS) is 10.1. The summed E-state index contributed by atoms with van der Waals surface area (Å²) in [5.74, 6) is -0.249. The Balaban J connectivity index is 2.08. The second kappa shape index (κ2) is 9.77. The van der Waals surface area contributed by atoms with Crippen molar-refractivity contribution in [3.63, 3.8) is 0 Å². The van der Waals surface area contributed by atoms with Crippen LogP contribution in [0.2, 0.25) is 0 Å². The zero-order valence-electron chi connectivity index (χ0n) is 12.1. The van der Waals surface area contributed by atoms with Crippen LogP contribution in [0.5, 0.6) is 5.75 Å². The summed E-state index contributed by atoms with van der Waals surface area (Å²) >= 11 is 0. The third kappa shape index (κ3) is 7.94. The number of aliphatic carboxylic acids is 1. The predicted molar refractivity (Wildman–Crippen MR) is 77.4 cm³/mol. The monoisotopic (exact) mass is 295 g/mol. The SMILES string of the molecule is COc1ccc(CCCC(=O)NCCOCC(=O)O)cc1. The van der Waals surface area contributed by atoms with Gasteiger partial charge in [0.2, 0.25) is 5.91 Å². The van der Waals surface area contributed by atoms with Gasteiger partial charge < -0.3 is 19.9 Å². The molecule has 1 aromatic rings. The highest BCUT2D eigenvalue weighted by molar-refractivity contribution is 5.75. The third-order valence-corrected chi connectivity index (χ3v) is 2.82. The summed E-state index contributed by atoms with van der Waals surface area (Å²) in [6.45, 7) is 0.193. The van der Waals surface area contributed by atoms with Gasteiger partial charge in [0.1, 0.15) is 12.4 Å². The highest BCUT2D eigenvalue weighted by atomic mass is 16.5. The van der Waals surface area contributed by atoms with Crippen LogP contribution in [0.3, 0.4) is 0 Å². The number of amides is 1. The number of hydrogen-bond acceptors (Lipinski definition) is 4. The molecule has 0 heterocycles. The van der Waals surface area contributed by atoms with Crippen LogP contribution in [0.4, 0.5) is 0 Å². The van der Waals surface area contributed by atoms with Crippen molar-refractivity contribution in [1.29, 1.82) is 0 Å². The summed E-state index contributed by atoms with van der Waals surface area (Å²) in [6.07, 6.45) is 2.02. The van der Waals surface area contributed by atoms with Crippen LogP contribution < -0.4 is 10.1 Å². The molecule has 0 unspecified atom stereocenters. The highest BCUT2D eigenvalue weighted by Crippen LogP contribution is 2.13. The molecule has 1 aromatic carbocycles. The van der Waals surface area contributed by atoms with E-state index in [4.69, 9.17) is 14.6 Å². The molecule has 0 spiro atoms. The van der Waals surface area contributed by atoms with E-state index in [0.717, 1.165) is 24.2 Å². The number of nitrogens with one attached hydrogen (secondary N) is 1. The molecule has 6 nitrogen and oxygen atoms in total. The lowest BCUT2D eigenvalue weighted by atomic mass is 10.1. The first-order valence-corrected chi connectivity index (χ1v) is 6.81. The smallest absolute Gasteiger partial charge is 0.329 e. The van der Waals surface area contributed by atoms with E-state index in [0.29, 0.717) is 13.0 Å². The molecule has 0 aliphatic rings. The van der Waals surface area contributed by atoms with Crippen molar-refractivity contribution in [3.05, 3.63) is 29.8 Å². The van der Waals surface area contributed by atoms with Crippen LogP contribution in [0, 0.1) is 0 Å². The molecule has 6 heteroatoms. The lowest BCUT2D eigenvalue weighted by Gasteiger charge is -2.06. The Bertz CT molecular complexity index is 444. The minimum Gasteiger partial charge on any atom is -0.497 e. The van der Waals surface area contributed by atoms with Crippen LogP contribution >= 0.6 is 0 Å². The number of ether oxygens (including phenoxy) is 2. The van der Waals surface area contributed by atoms with Gasteiger partial charge in [-0.2, -0.15) is 0 Å². The van der Waals surface area contributed by atoms with Gasteiger partial charge in [-0.25, -0.2) is 4.79 Å². The van der Waals surface area contributed by atoms with Crippen molar-refractivity contribution in [2.75, 3.05) is 26.9 Å². The minimum atomic E-state index is -1.01. The number of hydrogen-bond donors (Lipinski definition) is 2. The topological polar surface area (TPSA) is 84.9 Å². The Labute approximate surface area is 124 Å². The van der Waals surface area contributed by atoms with E-state index in [9.17, 15) is 9.59 Å². The molecule has 0 aliphatic heterocycles. The molecule has 0 fully saturated rings. The molecule has 21 heavy (non-hydrogen) atoms. The highest BCUT2D eigenvalue weighted by Gasteiger charge is 2.02. The second-order valence-corrected chi connectivity index (χ2v) is 4.50. The van der Waals surface area contributed by atoms with Crippen molar-refractivity contribution in [2.24, 2.45) is 0 Å². The number of methoxy groups -OCH3 is 1. The van der Waals surface area contributed by atoms with E-state index in [1.807, 2.05) is 24.3 Å². The van der Waals surface area contributed by atoms with Gasteiger partial charge in [-0.1, -0.05) is 12.1 Å². The number of benzene rings is 1. The predicted octanol–water partition coefficient (Wildman–Crippen LogP) is 1.24. The summed E-state index contributed by atoms with van der Waals surface area (Å²) in [6, 6.07) is 7.76. The molecular weight excluding hydrogens is 274 g/mol. The van der Waals surface area contributed by atoms with Gasteiger partial charge in [-0.05, 0) is 30.5 Å². The fourth-order valence-corrected chi connectivity index (χ4v) is 1.76. The van der Waals surface area contributed by atoms with E-state index in [-0.39, 0.29) is 19.1 Å². The van der Waals surface area contributed by atoms with Crippen LogP contribution in [0.15, 0.2) is 24.3 Å². The summed E-state index contributed by atoms with van der Waals surface area (Å²) < 4.78 is 9.89. The number of rotatable bonds is 10. The molecule has 0 radical (unpaired) electrons. The summed E-state index contributed by atoms with van der Waals surface area (Å²) in [7, 11) is 1.62. The van der Waals surface area contributed by atoms with Crippen molar-refractivity contribution in [1.82, 2.24) is 5.32 Å². The number of carbonyl (C=O) groups excluding carboxylic acids is 1. The van der Waals surface area contributed by atoms with Crippen LogP contribution in [-0.2, 0) is 20.7 Å². The average Bonchev–Trinajstić information content (AvgIpc) is 2.47. The molecule has 1 rings (SSSR count). The number of carboxylic acid groups (broad SMARTS) is 1. The number of carbonyl (C=O) groups is 2. The fourth-order valence-electron chi connectivity index (χ4n) is 1.76. The maximum Gasteiger partial charge on any atom is 0.329 e. The van der Waals surface area contributed by atoms with Crippen molar-refractivity contribution in [2.45, 2.75) is 19.3 Å². The quantitative estimate of drug-likeness (QED) is 0.634. The summed E-state index contributed by atoms with van der Waals surface area (Å²) in [5.41, 5.74) is 1.16. The molecular formula is C15H21NO5. The van der Waals surface area contributed by atoms with Crippen LogP contribution in [-0.4, -0.2) is 43.9 Å². The third-order valence-electron chi connectivity index (χ3n) is 2.82. The van der Waals surface area contributed by atoms with E-state index in [1.54, 1.807) is 7.11 Å². The second-order valence-electron chi connectivity index (χ2n) is 4.50. The molecule has 0 atom stereocenters. The Hall–Kier alpha value is -2.08. The Morgan fingerprint density at radius 2 is 1.95 bits per heavy atom. The van der Waals surface area contributed by atoms with Crippen LogP contribution in [0.1, 0.15) is 18.4 Å². The first-order chi connectivity index (χ1) is 10.1. The van der Waals surface area contributed by atoms with Gasteiger partial charge in [0, 0.05) is 13.0 Å². The summed E-state index contributed by atoms with van der Waals surface area (Å²) in [5, 5.41) is 11.0. The van der Waals surface area contributed by atoms with Crippen molar-refractivity contribution >= 4 is 11.9 Å². The van der Waals surface area contributed by atoms with E-state index >= 15 is 0 Å². The molecule has 1 amide bonds. The van der Waals surface area contributed by atoms with Crippen LogP contribution in [0.25, 0.3) is 0 Å². The lowest BCUT2D eigenvalue weighted by molar-refractivity contribution is -0.142. The molecule has 0 saturated carbocycles. The first-order valence-electron chi connectivity index (χ1n) is 6.81.